The van der Waals surface area contributed by atoms with E-state index in [1.54, 1.807) is 12.1 Å². The second-order valence-electron chi connectivity index (χ2n) is 4.92. The molecule has 0 aliphatic heterocycles. The van der Waals surface area contributed by atoms with Crippen LogP contribution < -0.4 is 10.1 Å². The van der Waals surface area contributed by atoms with Gasteiger partial charge in [-0.05, 0) is 61.9 Å². The minimum Gasteiger partial charge on any atom is -0.457 e. The first-order valence-electron chi connectivity index (χ1n) is 7.06. The maximum Gasteiger partial charge on any atom is 0.128 e. The number of halogens is 2. The van der Waals surface area contributed by atoms with E-state index in [0.29, 0.717) is 5.75 Å². The van der Waals surface area contributed by atoms with Gasteiger partial charge in [-0.15, -0.1) is 0 Å². The Morgan fingerprint density at radius 3 is 2.43 bits per heavy atom. The highest BCUT2D eigenvalue weighted by Gasteiger charge is 2.10. The summed E-state index contributed by atoms with van der Waals surface area (Å²) in [6.07, 6.45) is 1.10. The predicted molar refractivity (Wildman–Crippen MR) is 87.3 cm³/mol. The molecule has 0 bridgehead atoms. The third-order valence-electron chi connectivity index (χ3n) is 3.19. The Bertz CT molecular complexity index is 586. The minimum absolute atomic E-state index is 0.269. The lowest BCUT2D eigenvalue weighted by atomic mass is 10.1. The average Bonchev–Trinajstić information content (AvgIpc) is 2.47. The van der Waals surface area contributed by atoms with Crippen molar-refractivity contribution in [3.63, 3.8) is 0 Å². The molecule has 0 fully saturated rings. The van der Waals surface area contributed by atoms with Crippen LogP contribution in [-0.2, 0) is 0 Å². The van der Waals surface area contributed by atoms with Crippen molar-refractivity contribution in [2.24, 2.45) is 0 Å². The Morgan fingerprint density at radius 1 is 1.14 bits per heavy atom. The van der Waals surface area contributed by atoms with Gasteiger partial charge in [0.1, 0.15) is 17.3 Å². The lowest BCUT2D eigenvalue weighted by molar-refractivity contribution is 0.479. The lowest BCUT2D eigenvalue weighted by Crippen LogP contribution is -2.19. The Hall–Kier alpha value is -1.39. The van der Waals surface area contributed by atoms with Crippen LogP contribution in [0.4, 0.5) is 4.39 Å². The van der Waals surface area contributed by atoms with Gasteiger partial charge < -0.3 is 10.1 Å². The highest BCUT2D eigenvalue weighted by Crippen LogP contribution is 2.30. The van der Waals surface area contributed by atoms with E-state index in [1.165, 1.54) is 17.7 Å². The molecule has 1 atom stereocenters. The van der Waals surface area contributed by atoms with Gasteiger partial charge in [0.05, 0.1) is 0 Å². The van der Waals surface area contributed by atoms with E-state index < -0.39 is 0 Å². The van der Waals surface area contributed by atoms with Crippen LogP contribution in [-0.4, -0.2) is 6.54 Å². The standard InChI is InChI=1S/C17H19BrFNO/c1-3-10-20-12(2)16-9-8-15(11-17(16)18)21-14-6-4-13(19)5-7-14/h4-9,11-12,20H,3,10H2,1-2H3. The van der Waals surface area contributed by atoms with E-state index in [0.717, 1.165) is 23.2 Å². The monoisotopic (exact) mass is 351 g/mol. The first kappa shape index (κ1) is 16.0. The first-order valence-corrected chi connectivity index (χ1v) is 7.85. The molecule has 1 unspecified atom stereocenters. The summed E-state index contributed by atoms with van der Waals surface area (Å²) < 4.78 is 19.6. The number of rotatable bonds is 6. The van der Waals surface area contributed by atoms with E-state index in [1.807, 2.05) is 18.2 Å². The summed E-state index contributed by atoms with van der Waals surface area (Å²) in [5, 5.41) is 3.45. The molecule has 1 N–H and O–H groups in total. The number of benzene rings is 2. The molecule has 0 heterocycles. The molecule has 2 nitrogen and oxygen atoms in total. The van der Waals surface area contributed by atoms with Crippen LogP contribution >= 0.6 is 15.9 Å². The molecule has 0 aliphatic rings. The molecule has 2 aromatic rings. The highest BCUT2D eigenvalue weighted by atomic mass is 79.9. The van der Waals surface area contributed by atoms with Gasteiger partial charge in [-0.2, -0.15) is 0 Å². The second kappa shape index (κ2) is 7.57. The van der Waals surface area contributed by atoms with Gasteiger partial charge in [-0.25, -0.2) is 4.39 Å². The normalized spacial score (nSPS) is 12.2. The van der Waals surface area contributed by atoms with Gasteiger partial charge in [0, 0.05) is 10.5 Å². The maximum atomic E-state index is 12.9. The van der Waals surface area contributed by atoms with E-state index in [-0.39, 0.29) is 11.9 Å². The Balaban J connectivity index is 2.09. The van der Waals surface area contributed by atoms with E-state index in [4.69, 9.17) is 4.74 Å². The fourth-order valence-corrected chi connectivity index (χ4v) is 2.73. The number of hydrogen-bond donors (Lipinski definition) is 1. The van der Waals surface area contributed by atoms with E-state index >= 15 is 0 Å². The van der Waals surface area contributed by atoms with Gasteiger partial charge in [-0.3, -0.25) is 0 Å². The number of ether oxygens (including phenoxy) is 1. The van der Waals surface area contributed by atoms with Crippen LogP contribution in [0.1, 0.15) is 31.9 Å². The maximum absolute atomic E-state index is 12.9. The molecule has 0 amide bonds. The van der Waals surface area contributed by atoms with Crippen LogP contribution in [0.3, 0.4) is 0 Å². The molecule has 0 saturated carbocycles. The van der Waals surface area contributed by atoms with Gasteiger partial charge in [-0.1, -0.05) is 28.9 Å². The largest absolute Gasteiger partial charge is 0.457 e. The predicted octanol–water partition coefficient (Wildman–Crippen LogP) is 5.44. The zero-order chi connectivity index (χ0) is 15.2. The van der Waals surface area contributed by atoms with Crippen LogP contribution in [0, 0.1) is 5.82 Å². The Labute approximate surface area is 133 Å². The summed E-state index contributed by atoms with van der Waals surface area (Å²) in [5.41, 5.74) is 1.19. The van der Waals surface area contributed by atoms with Crippen molar-refractivity contribution in [2.75, 3.05) is 6.54 Å². The number of nitrogens with one attached hydrogen (secondary N) is 1. The molecule has 112 valence electrons. The molecule has 0 spiro atoms. The van der Waals surface area contributed by atoms with Crippen LogP contribution in [0.2, 0.25) is 0 Å². The van der Waals surface area contributed by atoms with Gasteiger partial charge >= 0.3 is 0 Å². The highest BCUT2D eigenvalue weighted by molar-refractivity contribution is 9.10. The lowest BCUT2D eigenvalue weighted by Gasteiger charge is -2.16. The van der Waals surface area contributed by atoms with Crippen molar-refractivity contribution in [1.29, 1.82) is 0 Å². The summed E-state index contributed by atoms with van der Waals surface area (Å²) >= 11 is 3.58. The zero-order valence-electron chi connectivity index (χ0n) is 12.2. The molecule has 21 heavy (non-hydrogen) atoms. The van der Waals surface area contributed by atoms with Crippen LogP contribution in [0.25, 0.3) is 0 Å². The summed E-state index contributed by atoms with van der Waals surface area (Å²) in [4.78, 5) is 0. The molecule has 0 radical (unpaired) electrons. The van der Waals surface area contributed by atoms with Crippen LogP contribution in [0.15, 0.2) is 46.9 Å². The summed E-state index contributed by atoms with van der Waals surface area (Å²) in [6.45, 7) is 5.27. The average molecular weight is 352 g/mol. The molecule has 0 saturated heterocycles. The topological polar surface area (TPSA) is 21.3 Å². The molecule has 0 aliphatic carbocycles. The minimum atomic E-state index is -0.269. The third-order valence-corrected chi connectivity index (χ3v) is 3.88. The van der Waals surface area contributed by atoms with Crippen molar-refractivity contribution in [2.45, 2.75) is 26.3 Å². The van der Waals surface area contributed by atoms with E-state index in [2.05, 4.69) is 35.1 Å². The van der Waals surface area contributed by atoms with Crippen molar-refractivity contribution >= 4 is 15.9 Å². The third kappa shape index (κ3) is 4.55. The van der Waals surface area contributed by atoms with Crippen molar-refractivity contribution in [3.05, 3.63) is 58.3 Å². The quantitative estimate of drug-likeness (QED) is 0.747. The molecule has 4 heteroatoms. The summed E-state index contributed by atoms with van der Waals surface area (Å²) in [7, 11) is 0. The smallest absolute Gasteiger partial charge is 0.128 e. The zero-order valence-corrected chi connectivity index (χ0v) is 13.8. The van der Waals surface area contributed by atoms with Crippen molar-refractivity contribution < 1.29 is 9.13 Å². The summed E-state index contributed by atoms with van der Waals surface area (Å²) in [6, 6.07) is 12.2. The first-order chi connectivity index (χ1) is 10.1. The van der Waals surface area contributed by atoms with E-state index in [9.17, 15) is 4.39 Å². The number of hydrogen-bond acceptors (Lipinski definition) is 2. The van der Waals surface area contributed by atoms with Gasteiger partial charge in [0.15, 0.2) is 0 Å². The molecular formula is C17H19BrFNO. The fourth-order valence-electron chi connectivity index (χ4n) is 2.03. The van der Waals surface area contributed by atoms with Gasteiger partial charge in [0.2, 0.25) is 0 Å². The van der Waals surface area contributed by atoms with Gasteiger partial charge in [0.25, 0.3) is 0 Å². The Kier molecular flexibility index (Phi) is 5.76. The second-order valence-corrected chi connectivity index (χ2v) is 5.77. The SMILES string of the molecule is CCCNC(C)c1ccc(Oc2ccc(F)cc2)cc1Br. The molecule has 0 aromatic heterocycles. The fraction of sp³-hybridized carbons (Fsp3) is 0.294. The molecule has 2 rings (SSSR count). The molecule has 2 aromatic carbocycles. The summed E-state index contributed by atoms with van der Waals surface area (Å²) in [5.74, 6) is 1.07. The van der Waals surface area contributed by atoms with Crippen molar-refractivity contribution in [1.82, 2.24) is 5.32 Å². The van der Waals surface area contributed by atoms with Crippen LogP contribution in [0.5, 0.6) is 11.5 Å². The van der Waals surface area contributed by atoms with Crippen molar-refractivity contribution in [3.8, 4) is 11.5 Å². The Morgan fingerprint density at radius 2 is 1.81 bits per heavy atom. The molecular weight excluding hydrogens is 333 g/mol.